The van der Waals surface area contributed by atoms with Gasteiger partial charge >= 0.3 is 0 Å². The lowest BCUT2D eigenvalue weighted by Gasteiger charge is -2.04. The van der Waals surface area contributed by atoms with Gasteiger partial charge in [-0.2, -0.15) is 4.98 Å². The zero-order valence-corrected chi connectivity index (χ0v) is 13.6. The van der Waals surface area contributed by atoms with Crippen molar-refractivity contribution in [1.82, 2.24) is 15.3 Å². The number of alkyl halides is 2. The number of aryl methyl sites for hydroxylation is 2. The SMILES string of the molecule is CCc1noc(C)c1-c1noc(-c2ccc(OC3CC3(F)F)cc2)n1. The van der Waals surface area contributed by atoms with Crippen LogP contribution in [0.15, 0.2) is 33.3 Å². The molecular formula is C17H15F2N3O3. The van der Waals surface area contributed by atoms with Crippen molar-refractivity contribution in [2.24, 2.45) is 0 Å². The Labute approximate surface area is 141 Å². The van der Waals surface area contributed by atoms with E-state index in [1.807, 2.05) is 6.92 Å². The van der Waals surface area contributed by atoms with Crippen LogP contribution in [0.1, 0.15) is 24.8 Å². The van der Waals surface area contributed by atoms with Gasteiger partial charge in [0, 0.05) is 5.56 Å². The molecule has 1 unspecified atom stereocenters. The molecule has 0 amide bonds. The van der Waals surface area contributed by atoms with Gasteiger partial charge in [-0.1, -0.05) is 17.2 Å². The number of hydrogen-bond acceptors (Lipinski definition) is 6. The topological polar surface area (TPSA) is 74.2 Å². The van der Waals surface area contributed by atoms with Gasteiger partial charge in [0.15, 0.2) is 6.10 Å². The molecule has 2 aromatic heterocycles. The Morgan fingerprint density at radius 1 is 1.20 bits per heavy atom. The lowest BCUT2D eigenvalue weighted by molar-refractivity contribution is 0.0665. The van der Waals surface area contributed by atoms with Crippen LogP contribution in [0.3, 0.4) is 0 Å². The summed E-state index contributed by atoms with van der Waals surface area (Å²) in [5.74, 6) is -0.982. The Kier molecular flexibility index (Phi) is 3.55. The first kappa shape index (κ1) is 15.7. The van der Waals surface area contributed by atoms with E-state index in [4.69, 9.17) is 13.8 Å². The molecule has 0 radical (unpaired) electrons. The second kappa shape index (κ2) is 5.65. The first-order valence-electron chi connectivity index (χ1n) is 7.92. The van der Waals surface area contributed by atoms with Gasteiger partial charge in [0.1, 0.15) is 11.5 Å². The fraction of sp³-hybridized carbons (Fsp3) is 0.353. The molecular weight excluding hydrogens is 332 g/mol. The minimum atomic E-state index is -2.71. The molecule has 0 saturated heterocycles. The van der Waals surface area contributed by atoms with Gasteiger partial charge in [-0.15, -0.1) is 0 Å². The van der Waals surface area contributed by atoms with E-state index in [0.29, 0.717) is 35.2 Å². The lowest BCUT2D eigenvalue weighted by atomic mass is 10.1. The molecule has 130 valence electrons. The van der Waals surface area contributed by atoms with Crippen LogP contribution in [0.5, 0.6) is 5.75 Å². The summed E-state index contributed by atoms with van der Waals surface area (Å²) in [6.45, 7) is 3.75. The summed E-state index contributed by atoms with van der Waals surface area (Å²) < 4.78 is 41.5. The minimum Gasteiger partial charge on any atom is -0.484 e. The van der Waals surface area contributed by atoms with Crippen LogP contribution < -0.4 is 4.74 Å². The van der Waals surface area contributed by atoms with Crippen molar-refractivity contribution in [1.29, 1.82) is 0 Å². The number of nitrogens with zero attached hydrogens (tertiary/aromatic N) is 3. The molecule has 4 rings (SSSR count). The van der Waals surface area contributed by atoms with Gasteiger partial charge in [0.2, 0.25) is 5.82 Å². The molecule has 1 atom stereocenters. The van der Waals surface area contributed by atoms with E-state index in [0.717, 1.165) is 11.3 Å². The molecule has 6 nitrogen and oxygen atoms in total. The second-order valence-corrected chi connectivity index (χ2v) is 5.93. The third kappa shape index (κ3) is 2.88. The highest BCUT2D eigenvalue weighted by Crippen LogP contribution is 2.44. The highest BCUT2D eigenvalue weighted by Gasteiger charge is 2.59. The second-order valence-electron chi connectivity index (χ2n) is 5.93. The fourth-order valence-corrected chi connectivity index (χ4v) is 2.54. The Hall–Kier alpha value is -2.77. The first-order valence-corrected chi connectivity index (χ1v) is 7.92. The van der Waals surface area contributed by atoms with Crippen LogP contribution in [-0.4, -0.2) is 27.3 Å². The lowest BCUT2D eigenvalue weighted by Crippen LogP contribution is -2.06. The Morgan fingerprint density at radius 2 is 1.92 bits per heavy atom. The maximum Gasteiger partial charge on any atom is 0.288 e. The molecule has 3 aromatic rings. The molecule has 8 heteroatoms. The third-order valence-electron chi connectivity index (χ3n) is 4.07. The normalized spacial score (nSPS) is 18.3. The molecule has 0 spiro atoms. The standard InChI is InChI=1S/C17H15F2N3O3/c1-3-12-14(9(2)24-21-12)15-20-16(25-22-15)10-4-6-11(7-5-10)23-13-8-17(13,18)19/h4-7,13H,3,8H2,1-2H3. The van der Waals surface area contributed by atoms with Gasteiger partial charge in [0.25, 0.3) is 11.8 Å². The molecule has 1 saturated carbocycles. The summed E-state index contributed by atoms with van der Waals surface area (Å²) in [5.41, 5.74) is 2.16. The molecule has 2 heterocycles. The molecule has 1 aromatic carbocycles. The van der Waals surface area contributed by atoms with E-state index in [-0.39, 0.29) is 6.42 Å². The molecule has 1 aliphatic carbocycles. The summed E-state index contributed by atoms with van der Waals surface area (Å²) in [6, 6.07) is 6.59. The van der Waals surface area contributed by atoms with E-state index in [9.17, 15) is 8.78 Å². The molecule has 1 fully saturated rings. The smallest absolute Gasteiger partial charge is 0.288 e. The predicted molar refractivity (Wildman–Crippen MR) is 83.3 cm³/mol. The fourth-order valence-electron chi connectivity index (χ4n) is 2.54. The summed E-state index contributed by atoms with van der Waals surface area (Å²) in [4.78, 5) is 4.38. The van der Waals surface area contributed by atoms with Gasteiger partial charge in [-0.3, -0.25) is 0 Å². The molecule has 0 bridgehead atoms. The average Bonchev–Trinajstić information content (AvgIpc) is 2.98. The predicted octanol–water partition coefficient (Wildman–Crippen LogP) is 4.05. The maximum absolute atomic E-state index is 12.9. The van der Waals surface area contributed by atoms with Crippen LogP contribution in [0.4, 0.5) is 8.78 Å². The largest absolute Gasteiger partial charge is 0.484 e. The Bertz CT molecular complexity index is 902. The van der Waals surface area contributed by atoms with Crippen LogP contribution in [-0.2, 0) is 6.42 Å². The monoisotopic (exact) mass is 347 g/mol. The summed E-state index contributed by atoms with van der Waals surface area (Å²) in [5, 5.41) is 7.96. The highest BCUT2D eigenvalue weighted by atomic mass is 19.3. The molecule has 0 aliphatic heterocycles. The van der Waals surface area contributed by atoms with E-state index in [1.165, 1.54) is 0 Å². The van der Waals surface area contributed by atoms with Crippen LogP contribution in [0, 0.1) is 6.92 Å². The van der Waals surface area contributed by atoms with E-state index in [2.05, 4.69) is 15.3 Å². The summed E-state index contributed by atoms with van der Waals surface area (Å²) >= 11 is 0. The summed E-state index contributed by atoms with van der Waals surface area (Å²) in [7, 11) is 0. The van der Waals surface area contributed by atoms with Crippen molar-refractivity contribution in [3.63, 3.8) is 0 Å². The Morgan fingerprint density at radius 3 is 2.56 bits per heavy atom. The van der Waals surface area contributed by atoms with Crippen LogP contribution in [0.25, 0.3) is 22.8 Å². The van der Waals surface area contributed by atoms with Crippen LogP contribution in [0.2, 0.25) is 0 Å². The Balaban J connectivity index is 1.55. The highest BCUT2D eigenvalue weighted by molar-refractivity contribution is 5.63. The zero-order valence-electron chi connectivity index (χ0n) is 13.6. The van der Waals surface area contributed by atoms with Crippen molar-refractivity contribution in [2.45, 2.75) is 38.7 Å². The first-order chi connectivity index (χ1) is 12.0. The third-order valence-corrected chi connectivity index (χ3v) is 4.07. The van der Waals surface area contributed by atoms with Gasteiger partial charge < -0.3 is 13.8 Å². The van der Waals surface area contributed by atoms with Crippen molar-refractivity contribution in [3.05, 3.63) is 35.7 Å². The zero-order chi connectivity index (χ0) is 17.6. The number of halogens is 2. The number of hydrogen-bond donors (Lipinski definition) is 0. The van der Waals surface area contributed by atoms with Gasteiger partial charge in [-0.25, -0.2) is 8.78 Å². The minimum absolute atomic E-state index is 0.236. The number of ether oxygens (including phenoxy) is 1. The van der Waals surface area contributed by atoms with E-state index >= 15 is 0 Å². The maximum atomic E-state index is 12.9. The number of aromatic nitrogens is 3. The number of benzene rings is 1. The molecule has 25 heavy (non-hydrogen) atoms. The quantitative estimate of drug-likeness (QED) is 0.693. The van der Waals surface area contributed by atoms with E-state index in [1.54, 1.807) is 31.2 Å². The molecule has 1 aliphatic rings. The molecule has 0 N–H and O–H groups in total. The van der Waals surface area contributed by atoms with Crippen molar-refractivity contribution in [2.75, 3.05) is 0 Å². The summed E-state index contributed by atoms with van der Waals surface area (Å²) in [6.07, 6.45) is -0.578. The van der Waals surface area contributed by atoms with E-state index < -0.39 is 12.0 Å². The van der Waals surface area contributed by atoms with Gasteiger partial charge in [-0.05, 0) is 37.6 Å². The van der Waals surface area contributed by atoms with Crippen molar-refractivity contribution < 1.29 is 22.6 Å². The van der Waals surface area contributed by atoms with Crippen molar-refractivity contribution >= 4 is 0 Å². The van der Waals surface area contributed by atoms with Gasteiger partial charge in [0.05, 0.1) is 17.7 Å². The number of rotatable bonds is 5. The average molecular weight is 347 g/mol. The van der Waals surface area contributed by atoms with Crippen LogP contribution >= 0.6 is 0 Å². The van der Waals surface area contributed by atoms with Crippen molar-refractivity contribution in [3.8, 4) is 28.6 Å².